The second-order valence-electron chi connectivity index (χ2n) is 5.74. The predicted molar refractivity (Wildman–Crippen MR) is 94.5 cm³/mol. The molecule has 0 aliphatic heterocycles. The van der Waals surface area contributed by atoms with Gasteiger partial charge in [0.1, 0.15) is 6.61 Å². The number of hydrogen-bond donors (Lipinski definition) is 2. The Morgan fingerprint density at radius 3 is 2.88 bits per heavy atom. The van der Waals surface area contributed by atoms with Crippen molar-refractivity contribution in [3.05, 3.63) is 54.4 Å². The molecule has 2 aromatic heterocycles. The second-order valence-corrected chi connectivity index (χ2v) is 5.74. The van der Waals surface area contributed by atoms with Crippen LogP contribution in [-0.4, -0.2) is 48.0 Å². The maximum atomic E-state index is 12.4. The zero-order valence-corrected chi connectivity index (χ0v) is 13.7. The maximum Gasteiger partial charge on any atom is 0.257 e. The molecule has 0 aliphatic carbocycles. The Hall–Kier alpha value is -2.86. The first-order valence-corrected chi connectivity index (χ1v) is 7.74. The average molecular weight is 324 g/mol. The maximum absolute atomic E-state index is 12.4. The normalized spacial score (nSPS) is 11.0. The van der Waals surface area contributed by atoms with Crippen molar-refractivity contribution in [1.29, 1.82) is 0 Å². The molecule has 0 saturated carbocycles. The fourth-order valence-corrected chi connectivity index (χ4v) is 2.32. The van der Waals surface area contributed by atoms with Crippen LogP contribution in [0.25, 0.3) is 10.9 Å². The van der Waals surface area contributed by atoms with Gasteiger partial charge in [0, 0.05) is 35.9 Å². The van der Waals surface area contributed by atoms with Gasteiger partial charge in [-0.25, -0.2) is 4.98 Å². The predicted octanol–water partition coefficient (Wildman–Crippen LogP) is 2.76. The molecule has 0 aliphatic rings. The molecule has 1 aromatic carbocycles. The number of nitrogens with one attached hydrogen (secondary N) is 2. The van der Waals surface area contributed by atoms with E-state index in [1.54, 1.807) is 12.1 Å². The molecule has 0 spiro atoms. The summed E-state index contributed by atoms with van der Waals surface area (Å²) in [5.41, 5.74) is 2.24. The minimum Gasteiger partial charge on any atom is -0.476 e. The van der Waals surface area contributed by atoms with Gasteiger partial charge in [-0.2, -0.15) is 0 Å². The van der Waals surface area contributed by atoms with Crippen molar-refractivity contribution in [1.82, 2.24) is 14.9 Å². The zero-order valence-electron chi connectivity index (χ0n) is 13.7. The van der Waals surface area contributed by atoms with Gasteiger partial charge < -0.3 is 19.9 Å². The number of ether oxygens (including phenoxy) is 1. The van der Waals surface area contributed by atoms with Crippen LogP contribution in [0.3, 0.4) is 0 Å². The lowest BCUT2D eigenvalue weighted by molar-refractivity contribution is 0.102. The van der Waals surface area contributed by atoms with Crippen LogP contribution >= 0.6 is 0 Å². The summed E-state index contributed by atoms with van der Waals surface area (Å²) in [6, 6.07) is 11.1. The number of pyridine rings is 1. The number of aromatic nitrogens is 2. The number of likely N-dealkylation sites (N-methyl/N-ethyl adjacent to an activating group) is 1. The SMILES string of the molecule is CN(C)CCOc1ccc(C(=O)Nc2cccc3[nH]ccc23)cn1. The molecule has 0 bridgehead atoms. The molecule has 0 saturated heterocycles. The molecule has 0 radical (unpaired) electrons. The molecule has 2 N–H and O–H groups in total. The van der Waals surface area contributed by atoms with E-state index < -0.39 is 0 Å². The summed E-state index contributed by atoms with van der Waals surface area (Å²) in [5, 5.41) is 3.89. The van der Waals surface area contributed by atoms with Crippen molar-refractivity contribution in [2.45, 2.75) is 0 Å². The lowest BCUT2D eigenvalue weighted by Crippen LogP contribution is -2.19. The fraction of sp³-hybridized carbons (Fsp3) is 0.222. The first-order chi connectivity index (χ1) is 11.6. The molecule has 0 fully saturated rings. The summed E-state index contributed by atoms with van der Waals surface area (Å²) in [7, 11) is 3.96. The molecule has 6 heteroatoms. The minimum atomic E-state index is -0.198. The Morgan fingerprint density at radius 1 is 1.25 bits per heavy atom. The lowest BCUT2D eigenvalue weighted by atomic mass is 10.2. The van der Waals surface area contributed by atoms with E-state index in [-0.39, 0.29) is 5.91 Å². The molecule has 3 rings (SSSR count). The zero-order chi connectivity index (χ0) is 16.9. The van der Waals surface area contributed by atoms with Gasteiger partial charge in [0.05, 0.1) is 11.3 Å². The van der Waals surface area contributed by atoms with Gasteiger partial charge in [-0.05, 0) is 38.4 Å². The Labute approximate surface area is 140 Å². The average Bonchev–Trinajstić information content (AvgIpc) is 3.05. The van der Waals surface area contributed by atoms with Gasteiger partial charge in [-0.1, -0.05) is 6.07 Å². The largest absolute Gasteiger partial charge is 0.476 e. The molecule has 1 amide bonds. The van der Waals surface area contributed by atoms with Crippen molar-refractivity contribution in [2.24, 2.45) is 0 Å². The third-order valence-corrected chi connectivity index (χ3v) is 3.63. The van der Waals surface area contributed by atoms with Gasteiger partial charge in [0.15, 0.2) is 0 Å². The van der Waals surface area contributed by atoms with Crippen molar-refractivity contribution in [3.8, 4) is 5.88 Å². The highest BCUT2D eigenvalue weighted by atomic mass is 16.5. The fourth-order valence-electron chi connectivity index (χ4n) is 2.32. The van der Waals surface area contributed by atoms with E-state index in [0.717, 1.165) is 23.1 Å². The molecule has 0 unspecified atom stereocenters. The first kappa shape index (κ1) is 16.0. The number of benzene rings is 1. The van der Waals surface area contributed by atoms with Crippen LogP contribution in [0.5, 0.6) is 5.88 Å². The lowest BCUT2D eigenvalue weighted by Gasteiger charge is -2.10. The van der Waals surface area contributed by atoms with Gasteiger partial charge in [0.25, 0.3) is 5.91 Å². The Kier molecular flexibility index (Phi) is 4.77. The molecule has 24 heavy (non-hydrogen) atoms. The molecule has 124 valence electrons. The van der Waals surface area contributed by atoms with Crippen molar-refractivity contribution >= 4 is 22.5 Å². The molecule has 6 nitrogen and oxygen atoms in total. The third kappa shape index (κ3) is 3.72. The molecule has 0 atom stereocenters. The standard InChI is InChI=1S/C18H20N4O2/c1-22(2)10-11-24-17-7-6-13(12-20-17)18(23)21-16-5-3-4-15-14(16)8-9-19-15/h3-9,12,19H,10-11H2,1-2H3,(H,21,23). The summed E-state index contributed by atoms with van der Waals surface area (Å²) >= 11 is 0. The molecule has 2 heterocycles. The van der Waals surface area contributed by atoms with Crippen LogP contribution in [-0.2, 0) is 0 Å². The van der Waals surface area contributed by atoms with Crippen LogP contribution in [0.2, 0.25) is 0 Å². The van der Waals surface area contributed by atoms with Crippen LogP contribution in [0.4, 0.5) is 5.69 Å². The van der Waals surface area contributed by atoms with Crippen molar-refractivity contribution < 1.29 is 9.53 Å². The summed E-state index contributed by atoms with van der Waals surface area (Å²) in [4.78, 5) is 21.7. The summed E-state index contributed by atoms with van der Waals surface area (Å²) in [6.45, 7) is 1.37. The minimum absolute atomic E-state index is 0.198. The number of anilines is 1. The van der Waals surface area contributed by atoms with Gasteiger partial charge in [-0.3, -0.25) is 4.79 Å². The number of hydrogen-bond acceptors (Lipinski definition) is 4. The Morgan fingerprint density at radius 2 is 2.12 bits per heavy atom. The van der Waals surface area contributed by atoms with Gasteiger partial charge in [0.2, 0.25) is 5.88 Å². The molecular formula is C18H20N4O2. The van der Waals surface area contributed by atoms with E-state index in [9.17, 15) is 4.79 Å². The second kappa shape index (κ2) is 7.14. The van der Waals surface area contributed by atoms with Crippen LogP contribution in [0.15, 0.2) is 48.8 Å². The Balaban J connectivity index is 1.66. The number of H-pyrrole nitrogens is 1. The highest BCUT2D eigenvalue weighted by Gasteiger charge is 2.09. The topological polar surface area (TPSA) is 70.2 Å². The highest BCUT2D eigenvalue weighted by molar-refractivity contribution is 6.08. The number of carbonyl (C=O) groups excluding carboxylic acids is 1. The number of carbonyl (C=O) groups is 1. The van der Waals surface area contributed by atoms with Crippen molar-refractivity contribution in [3.63, 3.8) is 0 Å². The Bertz CT molecular complexity index is 824. The number of aromatic amines is 1. The monoisotopic (exact) mass is 324 g/mol. The summed E-state index contributed by atoms with van der Waals surface area (Å²) in [5.74, 6) is 0.317. The van der Waals surface area contributed by atoms with E-state index in [2.05, 4.69) is 15.3 Å². The van der Waals surface area contributed by atoms with Crippen LogP contribution in [0, 0.1) is 0 Å². The first-order valence-electron chi connectivity index (χ1n) is 7.74. The van der Waals surface area contributed by atoms with E-state index in [0.29, 0.717) is 18.1 Å². The number of nitrogens with zero attached hydrogens (tertiary/aromatic N) is 2. The van der Waals surface area contributed by atoms with E-state index >= 15 is 0 Å². The van der Waals surface area contributed by atoms with Gasteiger partial charge in [-0.15, -0.1) is 0 Å². The number of rotatable bonds is 6. The summed E-state index contributed by atoms with van der Waals surface area (Å²) in [6.07, 6.45) is 3.37. The van der Waals surface area contributed by atoms with Crippen molar-refractivity contribution in [2.75, 3.05) is 32.6 Å². The third-order valence-electron chi connectivity index (χ3n) is 3.63. The molecular weight excluding hydrogens is 304 g/mol. The summed E-state index contributed by atoms with van der Waals surface area (Å²) < 4.78 is 5.53. The van der Waals surface area contributed by atoms with Gasteiger partial charge >= 0.3 is 0 Å². The smallest absolute Gasteiger partial charge is 0.257 e. The highest BCUT2D eigenvalue weighted by Crippen LogP contribution is 2.22. The number of amides is 1. The van der Waals surface area contributed by atoms with E-state index in [1.165, 1.54) is 6.20 Å². The van der Waals surface area contributed by atoms with Crippen LogP contribution in [0.1, 0.15) is 10.4 Å². The van der Waals surface area contributed by atoms with E-state index in [4.69, 9.17) is 4.74 Å². The van der Waals surface area contributed by atoms with E-state index in [1.807, 2.05) is 49.5 Å². The molecule has 3 aromatic rings. The van der Waals surface area contributed by atoms with Crippen LogP contribution < -0.4 is 10.1 Å². The quantitative estimate of drug-likeness (QED) is 0.731. The number of fused-ring (bicyclic) bond motifs is 1.